The Balaban J connectivity index is 2.44. The fraction of sp³-hybridized carbons (Fsp3) is 0.462. The topological polar surface area (TPSA) is 29.1 Å². The van der Waals surface area contributed by atoms with Gasteiger partial charge < -0.3 is 5.32 Å². The molecule has 0 heterocycles. The average Bonchev–Trinajstić information content (AvgIpc) is 2.32. The number of unbranched alkanes of at least 4 members (excludes halogenated alkanes) is 3. The summed E-state index contributed by atoms with van der Waals surface area (Å²) in [6.07, 6.45) is 4.59. The second-order valence-electron chi connectivity index (χ2n) is 3.94. The van der Waals surface area contributed by atoms with Crippen molar-refractivity contribution in [3.63, 3.8) is 0 Å². The van der Waals surface area contributed by atoms with E-state index in [1.165, 1.54) is 12.8 Å². The van der Waals surface area contributed by atoms with Gasteiger partial charge in [-0.15, -0.1) is 0 Å². The van der Waals surface area contributed by atoms with E-state index in [4.69, 9.17) is 11.6 Å². The molecule has 2 nitrogen and oxygen atoms in total. The molecule has 0 aromatic heterocycles. The molecule has 0 bridgehead atoms. The molecule has 0 saturated heterocycles. The van der Waals surface area contributed by atoms with Crippen molar-refractivity contribution in [1.82, 2.24) is 5.32 Å². The van der Waals surface area contributed by atoms with Crippen molar-refractivity contribution >= 4 is 33.4 Å². The first-order valence-electron chi connectivity index (χ1n) is 5.88. The largest absolute Gasteiger partial charge is 0.352 e. The lowest BCUT2D eigenvalue weighted by Gasteiger charge is -2.07. The van der Waals surface area contributed by atoms with Gasteiger partial charge in [0.25, 0.3) is 5.91 Å². The SMILES string of the molecule is CCCCCCNC(=O)c1cc(Br)ccc1Cl. The lowest BCUT2D eigenvalue weighted by molar-refractivity contribution is 0.0953. The molecule has 0 aliphatic carbocycles. The number of benzene rings is 1. The fourth-order valence-electron chi connectivity index (χ4n) is 1.52. The van der Waals surface area contributed by atoms with Gasteiger partial charge in [0.05, 0.1) is 10.6 Å². The Kier molecular flexibility index (Phi) is 6.60. The number of amides is 1. The highest BCUT2D eigenvalue weighted by atomic mass is 79.9. The van der Waals surface area contributed by atoms with Crippen LogP contribution in [0, 0.1) is 0 Å². The molecule has 0 aliphatic heterocycles. The van der Waals surface area contributed by atoms with E-state index in [1.807, 2.05) is 6.07 Å². The van der Waals surface area contributed by atoms with Crippen molar-refractivity contribution in [2.45, 2.75) is 32.6 Å². The van der Waals surface area contributed by atoms with Crippen LogP contribution < -0.4 is 5.32 Å². The van der Waals surface area contributed by atoms with Crippen LogP contribution >= 0.6 is 27.5 Å². The summed E-state index contributed by atoms with van der Waals surface area (Å²) < 4.78 is 0.859. The Labute approximate surface area is 116 Å². The van der Waals surface area contributed by atoms with Crippen LogP contribution in [-0.4, -0.2) is 12.5 Å². The Hall–Kier alpha value is -0.540. The maximum absolute atomic E-state index is 11.8. The molecule has 1 aromatic carbocycles. The first-order valence-corrected chi connectivity index (χ1v) is 7.05. The van der Waals surface area contributed by atoms with E-state index in [2.05, 4.69) is 28.2 Å². The zero-order valence-electron chi connectivity index (χ0n) is 9.93. The van der Waals surface area contributed by atoms with Crippen LogP contribution in [0.5, 0.6) is 0 Å². The second kappa shape index (κ2) is 7.72. The van der Waals surface area contributed by atoms with Crippen molar-refractivity contribution in [2.75, 3.05) is 6.54 Å². The number of carbonyl (C=O) groups is 1. The number of hydrogen-bond acceptors (Lipinski definition) is 1. The summed E-state index contributed by atoms with van der Waals surface area (Å²) in [4.78, 5) is 11.8. The summed E-state index contributed by atoms with van der Waals surface area (Å²) in [6.45, 7) is 2.88. The minimum atomic E-state index is -0.104. The molecular formula is C13H17BrClNO. The van der Waals surface area contributed by atoms with Crippen molar-refractivity contribution in [1.29, 1.82) is 0 Å². The second-order valence-corrected chi connectivity index (χ2v) is 5.26. The first-order chi connectivity index (χ1) is 8.15. The highest BCUT2D eigenvalue weighted by Crippen LogP contribution is 2.20. The zero-order chi connectivity index (χ0) is 12.7. The van der Waals surface area contributed by atoms with Gasteiger partial charge in [-0.25, -0.2) is 0 Å². The Morgan fingerprint density at radius 3 is 2.82 bits per heavy atom. The molecule has 0 saturated carbocycles. The van der Waals surface area contributed by atoms with Crippen LogP contribution in [0.3, 0.4) is 0 Å². The van der Waals surface area contributed by atoms with E-state index in [0.717, 1.165) is 17.3 Å². The van der Waals surface area contributed by atoms with Crippen molar-refractivity contribution < 1.29 is 4.79 Å². The monoisotopic (exact) mass is 317 g/mol. The lowest BCUT2D eigenvalue weighted by Crippen LogP contribution is -2.24. The molecule has 17 heavy (non-hydrogen) atoms. The van der Waals surface area contributed by atoms with Crippen molar-refractivity contribution in [3.05, 3.63) is 33.3 Å². The molecule has 0 atom stereocenters. The van der Waals surface area contributed by atoms with Gasteiger partial charge in [-0.2, -0.15) is 0 Å². The first kappa shape index (κ1) is 14.5. The van der Waals surface area contributed by atoms with Gasteiger partial charge in [0.1, 0.15) is 0 Å². The van der Waals surface area contributed by atoms with E-state index in [9.17, 15) is 4.79 Å². The molecule has 0 aliphatic rings. The number of halogens is 2. The highest BCUT2D eigenvalue weighted by Gasteiger charge is 2.09. The minimum absolute atomic E-state index is 0.104. The summed E-state index contributed by atoms with van der Waals surface area (Å²) in [5, 5.41) is 3.37. The van der Waals surface area contributed by atoms with Crippen LogP contribution in [0.2, 0.25) is 5.02 Å². The third-order valence-electron chi connectivity index (χ3n) is 2.49. The summed E-state index contributed by atoms with van der Waals surface area (Å²) in [5.74, 6) is -0.104. The van der Waals surface area contributed by atoms with E-state index in [-0.39, 0.29) is 5.91 Å². The van der Waals surface area contributed by atoms with Gasteiger partial charge in [-0.05, 0) is 24.6 Å². The molecule has 0 spiro atoms. The molecule has 1 N–H and O–H groups in total. The maximum Gasteiger partial charge on any atom is 0.252 e. The summed E-state index contributed by atoms with van der Waals surface area (Å²) in [7, 11) is 0. The number of hydrogen-bond donors (Lipinski definition) is 1. The predicted octanol–water partition coefficient (Wildman–Crippen LogP) is 4.41. The third-order valence-corrected chi connectivity index (χ3v) is 3.31. The van der Waals surface area contributed by atoms with Crippen molar-refractivity contribution in [3.8, 4) is 0 Å². The molecular weight excluding hydrogens is 302 g/mol. The van der Waals surface area contributed by atoms with E-state index >= 15 is 0 Å². The smallest absolute Gasteiger partial charge is 0.252 e. The molecule has 0 radical (unpaired) electrons. The standard InChI is InChI=1S/C13H17BrClNO/c1-2-3-4-5-8-16-13(17)11-9-10(14)6-7-12(11)15/h6-7,9H,2-5,8H2,1H3,(H,16,17). The molecule has 0 fully saturated rings. The summed E-state index contributed by atoms with van der Waals surface area (Å²) >= 11 is 9.30. The molecule has 4 heteroatoms. The summed E-state index contributed by atoms with van der Waals surface area (Å²) in [6, 6.07) is 5.28. The molecule has 1 amide bonds. The average molecular weight is 319 g/mol. The number of nitrogens with one attached hydrogen (secondary N) is 1. The molecule has 1 aromatic rings. The third kappa shape index (κ3) is 5.09. The van der Waals surface area contributed by atoms with Crippen molar-refractivity contribution in [2.24, 2.45) is 0 Å². The van der Waals surface area contributed by atoms with Crippen LogP contribution in [0.15, 0.2) is 22.7 Å². The Morgan fingerprint density at radius 1 is 1.35 bits per heavy atom. The number of carbonyl (C=O) groups excluding carboxylic acids is 1. The fourth-order valence-corrected chi connectivity index (χ4v) is 2.08. The van der Waals surface area contributed by atoms with Gasteiger partial charge in [0, 0.05) is 11.0 Å². The van der Waals surface area contributed by atoms with Gasteiger partial charge in [0.2, 0.25) is 0 Å². The van der Waals surface area contributed by atoms with E-state index < -0.39 is 0 Å². The maximum atomic E-state index is 11.8. The van der Waals surface area contributed by atoms with Gasteiger partial charge in [0.15, 0.2) is 0 Å². The van der Waals surface area contributed by atoms with Gasteiger partial charge in [-0.1, -0.05) is 53.7 Å². The van der Waals surface area contributed by atoms with Crippen LogP contribution in [0.1, 0.15) is 43.0 Å². The molecule has 0 unspecified atom stereocenters. The van der Waals surface area contributed by atoms with Gasteiger partial charge >= 0.3 is 0 Å². The van der Waals surface area contributed by atoms with E-state index in [0.29, 0.717) is 17.1 Å². The molecule has 94 valence electrons. The number of rotatable bonds is 6. The van der Waals surface area contributed by atoms with Crippen LogP contribution in [0.4, 0.5) is 0 Å². The normalized spacial score (nSPS) is 10.3. The Morgan fingerprint density at radius 2 is 2.12 bits per heavy atom. The quantitative estimate of drug-likeness (QED) is 0.773. The molecule has 1 rings (SSSR count). The van der Waals surface area contributed by atoms with Crippen LogP contribution in [0.25, 0.3) is 0 Å². The van der Waals surface area contributed by atoms with E-state index in [1.54, 1.807) is 12.1 Å². The predicted molar refractivity (Wildman–Crippen MR) is 75.6 cm³/mol. The zero-order valence-corrected chi connectivity index (χ0v) is 12.3. The summed E-state index contributed by atoms with van der Waals surface area (Å²) in [5.41, 5.74) is 0.525. The Bertz CT molecular complexity index is 382. The van der Waals surface area contributed by atoms with Gasteiger partial charge in [-0.3, -0.25) is 4.79 Å². The highest BCUT2D eigenvalue weighted by molar-refractivity contribution is 9.10. The minimum Gasteiger partial charge on any atom is -0.352 e. The lowest BCUT2D eigenvalue weighted by atomic mass is 10.2. The van der Waals surface area contributed by atoms with Crippen LogP contribution in [-0.2, 0) is 0 Å².